The third-order valence-corrected chi connectivity index (χ3v) is 7.65. The molecule has 0 bridgehead atoms. The fraction of sp³-hybridized carbons (Fsp3) is 0.216. The van der Waals surface area contributed by atoms with E-state index < -0.39 is 0 Å². The average Bonchev–Trinajstić information content (AvgIpc) is 2.96. The summed E-state index contributed by atoms with van der Waals surface area (Å²) in [5.74, 6) is 1.28. The Hall–Kier alpha value is -4.37. The second kappa shape index (κ2) is 10.3. The van der Waals surface area contributed by atoms with E-state index in [1.165, 1.54) is 16.7 Å². The van der Waals surface area contributed by atoms with Crippen molar-refractivity contribution >= 4 is 21.8 Å². The Labute approximate surface area is 237 Å². The summed E-state index contributed by atoms with van der Waals surface area (Å²) in [6, 6.07) is 36.5. The lowest BCUT2D eigenvalue weighted by molar-refractivity contribution is 0.590. The van der Waals surface area contributed by atoms with Crippen LogP contribution in [0.2, 0.25) is 0 Å². The lowest BCUT2D eigenvalue weighted by Crippen LogP contribution is -2.10. The Balaban J connectivity index is 1.57. The quantitative estimate of drug-likeness (QED) is 0.212. The number of hydrogen-bond acceptors (Lipinski definition) is 3. The van der Waals surface area contributed by atoms with Crippen LogP contribution in [0.1, 0.15) is 63.1 Å². The highest BCUT2D eigenvalue weighted by Crippen LogP contribution is 2.33. The van der Waals surface area contributed by atoms with Gasteiger partial charge in [-0.05, 0) is 46.2 Å². The Bertz CT molecular complexity index is 1810. The van der Waals surface area contributed by atoms with E-state index in [4.69, 9.17) is 15.0 Å². The van der Waals surface area contributed by atoms with Crippen LogP contribution in [0.25, 0.3) is 44.3 Å². The van der Waals surface area contributed by atoms with E-state index in [0.717, 1.165) is 50.1 Å². The summed E-state index contributed by atoms with van der Waals surface area (Å²) in [5.41, 5.74) is 9.81. The Kier molecular flexibility index (Phi) is 6.67. The summed E-state index contributed by atoms with van der Waals surface area (Å²) in [5, 5.41) is 2.10. The first-order chi connectivity index (χ1) is 19.3. The van der Waals surface area contributed by atoms with E-state index in [1.807, 2.05) is 6.07 Å². The molecule has 0 N–H and O–H groups in total. The largest absolute Gasteiger partial charge is 0.245 e. The predicted molar refractivity (Wildman–Crippen MR) is 168 cm³/mol. The molecule has 0 unspecified atom stereocenters. The Morgan fingerprint density at radius 2 is 1.40 bits per heavy atom. The van der Waals surface area contributed by atoms with E-state index in [9.17, 15) is 0 Å². The third kappa shape index (κ3) is 5.12. The standard InChI is InChI=1S/C37H35N3/c1-24(2)26-14-16-27(17-15-26)34-31-20-18-28-19-21-32(29-12-9-13-30(23-29)37(3,4)5)38-35(28)36(31)40-33(39-34)22-25-10-7-6-8-11-25/h6-21,23-24H,22H2,1-5H3. The topological polar surface area (TPSA) is 38.7 Å². The van der Waals surface area contributed by atoms with Crippen molar-refractivity contribution in [3.8, 4) is 22.5 Å². The minimum atomic E-state index is 0.0686. The third-order valence-electron chi connectivity index (χ3n) is 7.65. The molecule has 3 heteroatoms. The lowest BCUT2D eigenvalue weighted by Gasteiger charge is -2.19. The fourth-order valence-electron chi connectivity index (χ4n) is 5.23. The van der Waals surface area contributed by atoms with Gasteiger partial charge in [-0.25, -0.2) is 15.0 Å². The number of fused-ring (bicyclic) bond motifs is 3. The van der Waals surface area contributed by atoms with E-state index in [1.54, 1.807) is 0 Å². The number of pyridine rings is 1. The van der Waals surface area contributed by atoms with Crippen LogP contribution in [0.4, 0.5) is 0 Å². The van der Waals surface area contributed by atoms with Crippen molar-refractivity contribution in [2.75, 3.05) is 0 Å². The van der Waals surface area contributed by atoms with Crippen molar-refractivity contribution in [3.63, 3.8) is 0 Å². The number of benzene rings is 4. The molecule has 0 fully saturated rings. The first kappa shape index (κ1) is 25.9. The molecular formula is C37H35N3. The van der Waals surface area contributed by atoms with Crippen molar-refractivity contribution in [1.82, 2.24) is 15.0 Å². The zero-order chi connectivity index (χ0) is 27.9. The zero-order valence-electron chi connectivity index (χ0n) is 23.9. The highest BCUT2D eigenvalue weighted by Gasteiger charge is 2.17. The van der Waals surface area contributed by atoms with Gasteiger partial charge in [-0.3, -0.25) is 0 Å². The zero-order valence-corrected chi connectivity index (χ0v) is 23.9. The van der Waals surface area contributed by atoms with E-state index >= 15 is 0 Å². The molecule has 0 aliphatic heterocycles. The summed E-state index contributed by atoms with van der Waals surface area (Å²) >= 11 is 0. The molecule has 0 saturated heterocycles. The molecule has 0 radical (unpaired) electrons. The van der Waals surface area contributed by atoms with Gasteiger partial charge in [0.25, 0.3) is 0 Å². The smallest absolute Gasteiger partial charge is 0.134 e. The van der Waals surface area contributed by atoms with Crippen LogP contribution in [-0.4, -0.2) is 15.0 Å². The maximum atomic E-state index is 5.23. The molecular weight excluding hydrogens is 486 g/mol. The van der Waals surface area contributed by atoms with Crippen LogP contribution >= 0.6 is 0 Å². The van der Waals surface area contributed by atoms with Crippen molar-refractivity contribution in [2.24, 2.45) is 0 Å². The maximum absolute atomic E-state index is 5.23. The SMILES string of the molecule is CC(C)c1ccc(-c2nc(Cc3ccccc3)nc3c2ccc2ccc(-c4cccc(C(C)(C)C)c4)nc23)cc1. The van der Waals surface area contributed by atoms with Gasteiger partial charge in [0.1, 0.15) is 11.3 Å². The molecule has 40 heavy (non-hydrogen) atoms. The predicted octanol–water partition coefficient (Wildman–Crippen LogP) is 9.52. The van der Waals surface area contributed by atoms with Crippen LogP contribution in [-0.2, 0) is 11.8 Å². The van der Waals surface area contributed by atoms with Gasteiger partial charge in [0.15, 0.2) is 0 Å². The monoisotopic (exact) mass is 521 g/mol. The number of nitrogens with zero attached hydrogens (tertiary/aromatic N) is 3. The van der Waals surface area contributed by atoms with Gasteiger partial charge in [-0.2, -0.15) is 0 Å². The molecule has 2 aromatic heterocycles. The van der Waals surface area contributed by atoms with Gasteiger partial charge >= 0.3 is 0 Å². The van der Waals surface area contributed by atoms with E-state index in [0.29, 0.717) is 12.3 Å². The molecule has 0 spiro atoms. The van der Waals surface area contributed by atoms with E-state index in [2.05, 4.69) is 132 Å². The maximum Gasteiger partial charge on any atom is 0.134 e. The second-order valence-electron chi connectivity index (χ2n) is 12.0. The molecule has 4 aromatic carbocycles. The molecule has 0 amide bonds. The second-order valence-corrected chi connectivity index (χ2v) is 12.0. The van der Waals surface area contributed by atoms with Gasteiger partial charge in [0, 0.05) is 28.3 Å². The molecule has 6 rings (SSSR count). The highest BCUT2D eigenvalue weighted by atomic mass is 14.9. The normalized spacial score (nSPS) is 11.9. The number of rotatable bonds is 5. The van der Waals surface area contributed by atoms with Gasteiger partial charge in [0.05, 0.1) is 16.9 Å². The van der Waals surface area contributed by atoms with Crippen LogP contribution in [0.3, 0.4) is 0 Å². The average molecular weight is 522 g/mol. The van der Waals surface area contributed by atoms with Gasteiger partial charge in [-0.15, -0.1) is 0 Å². The summed E-state index contributed by atoms with van der Waals surface area (Å²) in [7, 11) is 0. The minimum Gasteiger partial charge on any atom is -0.245 e. The molecule has 0 aliphatic rings. The fourth-order valence-corrected chi connectivity index (χ4v) is 5.23. The van der Waals surface area contributed by atoms with Crippen molar-refractivity contribution in [3.05, 3.63) is 126 Å². The molecule has 2 heterocycles. The van der Waals surface area contributed by atoms with Crippen molar-refractivity contribution < 1.29 is 0 Å². The van der Waals surface area contributed by atoms with Crippen molar-refractivity contribution in [1.29, 1.82) is 0 Å². The van der Waals surface area contributed by atoms with Crippen LogP contribution in [0.15, 0.2) is 103 Å². The Morgan fingerprint density at radius 1 is 0.650 bits per heavy atom. The minimum absolute atomic E-state index is 0.0686. The van der Waals surface area contributed by atoms with Crippen molar-refractivity contribution in [2.45, 2.75) is 52.4 Å². The summed E-state index contributed by atoms with van der Waals surface area (Å²) in [6.45, 7) is 11.2. The highest BCUT2D eigenvalue weighted by molar-refractivity contribution is 6.07. The summed E-state index contributed by atoms with van der Waals surface area (Å²) in [6.07, 6.45) is 0.664. The lowest BCUT2D eigenvalue weighted by atomic mass is 9.86. The van der Waals surface area contributed by atoms with E-state index in [-0.39, 0.29) is 5.41 Å². The molecule has 0 atom stereocenters. The molecule has 198 valence electrons. The number of hydrogen-bond donors (Lipinski definition) is 0. The molecule has 0 saturated carbocycles. The van der Waals surface area contributed by atoms with Gasteiger partial charge in [0.2, 0.25) is 0 Å². The molecule has 3 nitrogen and oxygen atoms in total. The Morgan fingerprint density at radius 3 is 2.12 bits per heavy atom. The van der Waals surface area contributed by atoms with Crippen LogP contribution in [0, 0.1) is 0 Å². The van der Waals surface area contributed by atoms with Crippen LogP contribution < -0.4 is 0 Å². The summed E-state index contributed by atoms with van der Waals surface area (Å²) in [4.78, 5) is 15.5. The van der Waals surface area contributed by atoms with Crippen LogP contribution in [0.5, 0.6) is 0 Å². The van der Waals surface area contributed by atoms with Gasteiger partial charge in [-0.1, -0.05) is 120 Å². The molecule has 6 aromatic rings. The summed E-state index contributed by atoms with van der Waals surface area (Å²) < 4.78 is 0. The molecule has 0 aliphatic carbocycles. The van der Waals surface area contributed by atoms with Gasteiger partial charge < -0.3 is 0 Å². The number of aromatic nitrogens is 3. The first-order valence-corrected chi connectivity index (χ1v) is 14.1. The first-order valence-electron chi connectivity index (χ1n) is 14.1.